The fourth-order valence-electron chi connectivity index (χ4n) is 3.36. The Bertz CT molecular complexity index is 250. The van der Waals surface area contributed by atoms with Crippen LogP contribution in [-0.2, 0) is 9.53 Å². The van der Waals surface area contributed by atoms with Crippen molar-refractivity contribution in [3.05, 3.63) is 0 Å². The Morgan fingerprint density at radius 3 is 2.33 bits per heavy atom. The molecule has 2 atom stereocenters. The molecular formula is C12H21NO2. The first-order chi connectivity index (χ1) is 7.08. The lowest BCUT2D eigenvalue weighted by molar-refractivity contribution is -0.154. The maximum atomic E-state index is 12.1. The molecule has 0 aliphatic carbocycles. The average Bonchev–Trinajstić information content (AvgIpc) is 2.57. The van der Waals surface area contributed by atoms with Gasteiger partial charge in [0.15, 0.2) is 0 Å². The second kappa shape index (κ2) is 3.78. The first-order valence-electron chi connectivity index (χ1n) is 6.00. The molecule has 0 saturated carbocycles. The predicted molar refractivity (Wildman–Crippen MR) is 58.5 cm³/mol. The van der Waals surface area contributed by atoms with Gasteiger partial charge in [-0.05, 0) is 31.6 Å². The zero-order valence-electron chi connectivity index (χ0n) is 9.95. The molecule has 0 aromatic heterocycles. The number of fused-ring (bicyclic) bond motifs is 1. The molecule has 0 amide bonds. The van der Waals surface area contributed by atoms with E-state index in [4.69, 9.17) is 4.74 Å². The fraction of sp³-hybridized carbons (Fsp3) is 0.917. The van der Waals surface area contributed by atoms with Crippen LogP contribution in [0.25, 0.3) is 0 Å². The van der Waals surface area contributed by atoms with Crippen LogP contribution in [0.5, 0.6) is 0 Å². The summed E-state index contributed by atoms with van der Waals surface area (Å²) in [6.07, 6.45) is 1.96. The van der Waals surface area contributed by atoms with Gasteiger partial charge >= 0.3 is 5.97 Å². The lowest BCUT2D eigenvalue weighted by Crippen LogP contribution is -2.46. The van der Waals surface area contributed by atoms with Gasteiger partial charge in [-0.25, -0.2) is 0 Å². The number of carbonyl (C=O) groups is 1. The first-order valence-corrected chi connectivity index (χ1v) is 6.00. The van der Waals surface area contributed by atoms with Crippen molar-refractivity contribution >= 4 is 5.97 Å². The molecule has 15 heavy (non-hydrogen) atoms. The molecule has 3 heteroatoms. The molecule has 2 rings (SSSR count). The van der Waals surface area contributed by atoms with Crippen LogP contribution >= 0.6 is 0 Å². The fourth-order valence-corrected chi connectivity index (χ4v) is 3.36. The molecule has 2 aliphatic rings. The number of ether oxygens (including phenoxy) is 1. The summed E-state index contributed by atoms with van der Waals surface area (Å²) < 4.78 is 5.25. The lowest BCUT2D eigenvalue weighted by atomic mass is 9.88. The van der Waals surface area contributed by atoms with E-state index >= 15 is 0 Å². The van der Waals surface area contributed by atoms with E-state index in [1.165, 1.54) is 0 Å². The van der Waals surface area contributed by atoms with Crippen LogP contribution in [0.15, 0.2) is 0 Å². The van der Waals surface area contributed by atoms with Crippen molar-refractivity contribution in [2.24, 2.45) is 11.8 Å². The number of hydrogen-bond acceptors (Lipinski definition) is 3. The summed E-state index contributed by atoms with van der Waals surface area (Å²) in [5, 5.41) is 0. The Morgan fingerprint density at radius 2 is 1.87 bits per heavy atom. The van der Waals surface area contributed by atoms with E-state index in [0.717, 1.165) is 25.9 Å². The molecule has 3 nitrogen and oxygen atoms in total. The Labute approximate surface area is 91.8 Å². The summed E-state index contributed by atoms with van der Waals surface area (Å²) in [5.41, 5.74) is -0.269. The Morgan fingerprint density at radius 1 is 1.33 bits per heavy atom. The van der Waals surface area contributed by atoms with Crippen molar-refractivity contribution in [1.82, 2.24) is 4.90 Å². The van der Waals surface area contributed by atoms with Gasteiger partial charge < -0.3 is 4.74 Å². The molecule has 0 N–H and O–H groups in total. The smallest absolute Gasteiger partial charge is 0.326 e. The highest BCUT2D eigenvalue weighted by atomic mass is 16.5. The van der Waals surface area contributed by atoms with Crippen LogP contribution in [0.3, 0.4) is 0 Å². The van der Waals surface area contributed by atoms with Gasteiger partial charge in [0.1, 0.15) is 5.54 Å². The summed E-state index contributed by atoms with van der Waals surface area (Å²) in [5.74, 6) is 1.27. The topological polar surface area (TPSA) is 29.5 Å². The van der Waals surface area contributed by atoms with E-state index in [-0.39, 0.29) is 11.5 Å². The Hall–Kier alpha value is -0.570. The van der Waals surface area contributed by atoms with E-state index in [9.17, 15) is 4.79 Å². The second-order valence-corrected chi connectivity index (χ2v) is 5.28. The van der Waals surface area contributed by atoms with Crippen molar-refractivity contribution in [3.8, 4) is 0 Å². The zero-order chi connectivity index (χ0) is 11.1. The van der Waals surface area contributed by atoms with Crippen molar-refractivity contribution in [2.45, 2.75) is 39.2 Å². The number of hydrogen-bond donors (Lipinski definition) is 0. The van der Waals surface area contributed by atoms with Gasteiger partial charge in [0.2, 0.25) is 0 Å². The molecule has 2 saturated heterocycles. The third kappa shape index (κ3) is 1.67. The normalized spacial score (nSPS) is 40.5. The van der Waals surface area contributed by atoms with Crippen LogP contribution in [0.1, 0.15) is 33.6 Å². The number of rotatable bonds is 2. The van der Waals surface area contributed by atoms with E-state index in [0.29, 0.717) is 18.4 Å². The summed E-state index contributed by atoms with van der Waals surface area (Å²) >= 11 is 0. The molecule has 2 heterocycles. The largest absolute Gasteiger partial charge is 0.465 e. The van der Waals surface area contributed by atoms with Crippen LogP contribution in [0.2, 0.25) is 0 Å². The van der Waals surface area contributed by atoms with E-state index in [1.807, 2.05) is 6.92 Å². The quantitative estimate of drug-likeness (QED) is 0.651. The summed E-state index contributed by atoms with van der Waals surface area (Å²) in [6.45, 7) is 8.95. The van der Waals surface area contributed by atoms with E-state index in [1.54, 1.807) is 0 Å². The third-order valence-corrected chi connectivity index (χ3v) is 3.70. The summed E-state index contributed by atoms with van der Waals surface area (Å²) in [4.78, 5) is 14.4. The molecule has 0 aromatic carbocycles. The highest BCUT2D eigenvalue weighted by Gasteiger charge is 2.55. The standard InChI is InChI=1S/C12H21NO2/c1-4-15-11(14)12-5-9(2)7-13(12)8-10(3)6-12/h9-10H,4-8H2,1-3H3. The van der Waals surface area contributed by atoms with Crippen LogP contribution in [0, 0.1) is 11.8 Å². The number of nitrogens with zero attached hydrogens (tertiary/aromatic N) is 1. The minimum Gasteiger partial charge on any atom is -0.465 e. The van der Waals surface area contributed by atoms with E-state index in [2.05, 4.69) is 18.7 Å². The van der Waals surface area contributed by atoms with Gasteiger partial charge in [0.25, 0.3) is 0 Å². The Balaban J connectivity index is 2.18. The summed E-state index contributed by atoms with van der Waals surface area (Å²) in [6, 6.07) is 0. The van der Waals surface area contributed by atoms with Crippen molar-refractivity contribution in [3.63, 3.8) is 0 Å². The molecule has 0 radical (unpaired) electrons. The second-order valence-electron chi connectivity index (χ2n) is 5.28. The molecule has 2 fully saturated rings. The molecular weight excluding hydrogens is 190 g/mol. The number of carbonyl (C=O) groups excluding carboxylic acids is 1. The monoisotopic (exact) mass is 211 g/mol. The highest BCUT2D eigenvalue weighted by molar-refractivity contribution is 5.82. The van der Waals surface area contributed by atoms with E-state index < -0.39 is 0 Å². The highest BCUT2D eigenvalue weighted by Crippen LogP contribution is 2.44. The van der Waals surface area contributed by atoms with Crippen molar-refractivity contribution in [2.75, 3.05) is 19.7 Å². The molecule has 0 bridgehead atoms. The SMILES string of the molecule is CCOC(=O)C12CC(C)CN1CC(C)C2. The molecule has 2 aliphatic heterocycles. The lowest BCUT2D eigenvalue weighted by Gasteiger charge is -2.28. The van der Waals surface area contributed by atoms with Crippen molar-refractivity contribution in [1.29, 1.82) is 0 Å². The average molecular weight is 211 g/mol. The minimum absolute atomic E-state index is 0.0127. The van der Waals surface area contributed by atoms with Gasteiger partial charge in [0, 0.05) is 13.1 Å². The molecule has 86 valence electrons. The Kier molecular flexibility index (Phi) is 2.75. The van der Waals surface area contributed by atoms with Gasteiger partial charge in [0.05, 0.1) is 6.61 Å². The summed E-state index contributed by atoms with van der Waals surface area (Å²) in [7, 11) is 0. The molecule has 0 aromatic rings. The maximum Gasteiger partial charge on any atom is 0.326 e. The maximum absolute atomic E-state index is 12.1. The predicted octanol–water partition coefficient (Wildman–Crippen LogP) is 1.67. The van der Waals surface area contributed by atoms with Gasteiger partial charge in [-0.1, -0.05) is 13.8 Å². The molecule has 0 spiro atoms. The number of esters is 1. The molecule has 2 unspecified atom stereocenters. The third-order valence-electron chi connectivity index (χ3n) is 3.70. The minimum atomic E-state index is -0.269. The first kappa shape index (κ1) is 10.9. The van der Waals surface area contributed by atoms with Crippen LogP contribution < -0.4 is 0 Å². The van der Waals surface area contributed by atoms with Gasteiger partial charge in [-0.15, -0.1) is 0 Å². The van der Waals surface area contributed by atoms with Crippen LogP contribution in [-0.4, -0.2) is 36.1 Å². The van der Waals surface area contributed by atoms with Gasteiger partial charge in [-0.3, -0.25) is 9.69 Å². The van der Waals surface area contributed by atoms with Crippen LogP contribution in [0.4, 0.5) is 0 Å². The van der Waals surface area contributed by atoms with Gasteiger partial charge in [-0.2, -0.15) is 0 Å². The van der Waals surface area contributed by atoms with Crippen molar-refractivity contribution < 1.29 is 9.53 Å². The zero-order valence-corrected chi connectivity index (χ0v) is 9.95.